The molecule has 5 heteroatoms. The highest BCUT2D eigenvalue weighted by atomic mass is 19.1. The van der Waals surface area contributed by atoms with E-state index in [1.165, 1.54) is 12.3 Å². The van der Waals surface area contributed by atoms with Crippen LogP contribution in [0.4, 0.5) is 15.9 Å². The Morgan fingerprint density at radius 3 is 2.80 bits per heavy atom. The summed E-state index contributed by atoms with van der Waals surface area (Å²) in [7, 11) is 0. The van der Waals surface area contributed by atoms with Crippen LogP contribution in [0.5, 0.6) is 0 Å². The lowest BCUT2D eigenvalue weighted by Gasteiger charge is -2.17. The minimum absolute atomic E-state index is 0.172. The Kier molecular flexibility index (Phi) is 3.85. The van der Waals surface area contributed by atoms with Gasteiger partial charge in [0.2, 0.25) is 0 Å². The summed E-state index contributed by atoms with van der Waals surface area (Å²) < 4.78 is 13.6. The smallest absolute Gasteiger partial charge is 0.151 e. The summed E-state index contributed by atoms with van der Waals surface area (Å²) in [5.41, 5.74) is 7.91. The molecule has 0 aliphatic rings. The summed E-state index contributed by atoms with van der Waals surface area (Å²) in [4.78, 5) is 4.11. The molecule has 20 heavy (non-hydrogen) atoms. The highest BCUT2D eigenvalue weighted by Gasteiger charge is 2.11. The second-order valence-corrected chi connectivity index (χ2v) is 4.61. The molecule has 0 amide bonds. The molecule has 0 aliphatic carbocycles. The lowest BCUT2D eigenvalue weighted by atomic mass is 10.1. The quantitative estimate of drug-likeness (QED) is 0.898. The maximum Gasteiger partial charge on any atom is 0.151 e. The summed E-state index contributed by atoms with van der Waals surface area (Å²) in [6.07, 6.45) is 1.51. The molecule has 1 unspecified atom stereocenters. The third-order valence-electron chi connectivity index (χ3n) is 3.16. The molecule has 102 valence electrons. The number of rotatable bonds is 3. The van der Waals surface area contributed by atoms with Crippen molar-refractivity contribution >= 4 is 11.5 Å². The summed E-state index contributed by atoms with van der Waals surface area (Å²) in [5.74, 6) is 0.181. The number of nitrogens with zero attached hydrogens (tertiary/aromatic N) is 2. The number of nitrogens with one attached hydrogen (secondary N) is 1. The molecule has 1 heterocycles. The van der Waals surface area contributed by atoms with Gasteiger partial charge in [0, 0.05) is 6.20 Å². The molecule has 1 aromatic heterocycles. The van der Waals surface area contributed by atoms with Gasteiger partial charge in [0.1, 0.15) is 11.9 Å². The maximum atomic E-state index is 13.6. The van der Waals surface area contributed by atoms with E-state index in [1.807, 2.05) is 19.1 Å². The molecule has 1 aromatic carbocycles. The fourth-order valence-corrected chi connectivity index (χ4v) is 1.85. The van der Waals surface area contributed by atoms with Gasteiger partial charge in [-0.05, 0) is 37.1 Å². The van der Waals surface area contributed by atoms with E-state index in [4.69, 9.17) is 11.0 Å². The predicted octanol–water partition coefficient (Wildman–Crippen LogP) is 3.16. The maximum absolute atomic E-state index is 13.6. The van der Waals surface area contributed by atoms with Crippen molar-refractivity contribution in [3.05, 3.63) is 53.0 Å². The first kappa shape index (κ1) is 13.8. The monoisotopic (exact) mass is 270 g/mol. The highest BCUT2D eigenvalue weighted by Crippen LogP contribution is 2.25. The number of halogens is 1. The Hall–Kier alpha value is -2.61. The zero-order valence-corrected chi connectivity index (χ0v) is 11.3. The SMILES string of the molecule is Cc1ccc(C(C)Nc2nccc(C#N)c2N)cc1F. The molecule has 0 saturated carbocycles. The third-order valence-corrected chi connectivity index (χ3v) is 3.16. The normalized spacial score (nSPS) is 11.7. The van der Waals surface area contributed by atoms with Crippen molar-refractivity contribution in [3.8, 4) is 6.07 Å². The molecule has 0 spiro atoms. The molecule has 3 N–H and O–H groups in total. The van der Waals surface area contributed by atoms with Gasteiger partial charge in [-0.2, -0.15) is 5.26 Å². The van der Waals surface area contributed by atoms with E-state index in [9.17, 15) is 4.39 Å². The number of nitrogen functional groups attached to an aromatic ring is 1. The zero-order chi connectivity index (χ0) is 14.7. The Labute approximate surface area is 117 Å². The standard InChI is InChI=1S/C15H15FN4/c1-9-3-4-11(7-13(9)16)10(2)20-15-14(18)12(8-17)5-6-19-15/h3-7,10H,18H2,1-2H3,(H,19,20). The van der Waals surface area contributed by atoms with E-state index in [0.717, 1.165) is 5.56 Å². The largest absolute Gasteiger partial charge is 0.395 e. The molecule has 0 radical (unpaired) electrons. The van der Waals surface area contributed by atoms with Crippen LogP contribution in [-0.4, -0.2) is 4.98 Å². The Morgan fingerprint density at radius 2 is 2.15 bits per heavy atom. The third kappa shape index (κ3) is 2.69. The number of nitriles is 1. The number of hydrogen-bond donors (Lipinski definition) is 2. The summed E-state index contributed by atoms with van der Waals surface area (Å²) in [6.45, 7) is 3.59. The van der Waals surface area contributed by atoms with Crippen LogP contribution in [0.25, 0.3) is 0 Å². The molecule has 4 nitrogen and oxygen atoms in total. The number of benzene rings is 1. The van der Waals surface area contributed by atoms with Crippen LogP contribution in [0.15, 0.2) is 30.5 Å². The van der Waals surface area contributed by atoms with Crippen LogP contribution in [0.1, 0.15) is 29.7 Å². The van der Waals surface area contributed by atoms with E-state index in [1.54, 1.807) is 19.1 Å². The van der Waals surface area contributed by atoms with Gasteiger partial charge in [0.25, 0.3) is 0 Å². The van der Waals surface area contributed by atoms with Gasteiger partial charge in [0.05, 0.1) is 17.3 Å². The molecular weight excluding hydrogens is 255 g/mol. The zero-order valence-electron chi connectivity index (χ0n) is 11.3. The number of aromatic nitrogens is 1. The molecule has 0 saturated heterocycles. The van der Waals surface area contributed by atoms with Crippen LogP contribution < -0.4 is 11.1 Å². The van der Waals surface area contributed by atoms with E-state index in [0.29, 0.717) is 22.6 Å². The van der Waals surface area contributed by atoms with Crippen LogP contribution in [-0.2, 0) is 0 Å². The van der Waals surface area contributed by atoms with Gasteiger partial charge in [0.15, 0.2) is 5.82 Å². The van der Waals surface area contributed by atoms with Crippen molar-refractivity contribution in [3.63, 3.8) is 0 Å². The summed E-state index contributed by atoms with van der Waals surface area (Å²) >= 11 is 0. The van der Waals surface area contributed by atoms with Crippen LogP contribution in [0.3, 0.4) is 0 Å². The van der Waals surface area contributed by atoms with E-state index < -0.39 is 0 Å². The molecule has 0 bridgehead atoms. The van der Waals surface area contributed by atoms with Gasteiger partial charge in [-0.25, -0.2) is 9.37 Å². The lowest BCUT2D eigenvalue weighted by Crippen LogP contribution is -2.11. The second kappa shape index (κ2) is 5.57. The van der Waals surface area contributed by atoms with Crippen molar-refractivity contribution < 1.29 is 4.39 Å². The number of nitrogens with two attached hydrogens (primary N) is 1. The molecule has 0 fully saturated rings. The fraction of sp³-hybridized carbons (Fsp3) is 0.200. The summed E-state index contributed by atoms with van der Waals surface area (Å²) in [5, 5.41) is 12.0. The van der Waals surface area contributed by atoms with Crippen molar-refractivity contribution in [2.45, 2.75) is 19.9 Å². The number of anilines is 2. The van der Waals surface area contributed by atoms with Crippen molar-refractivity contribution in [2.75, 3.05) is 11.1 Å². The fourth-order valence-electron chi connectivity index (χ4n) is 1.85. The van der Waals surface area contributed by atoms with Gasteiger partial charge in [-0.3, -0.25) is 0 Å². The van der Waals surface area contributed by atoms with E-state index in [-0.39, 0.29) is 11.9 Å². The predicted molar refractivity (Wildman–Crippen MR) is 76.5 cm³/mol. The first-order valence-electron chi connectivity index (χ1n) is 6.20. The van der Waals surface area contributed by atoms with Crippen LogP contribution in [0.2, 0.25) is 0 Å². The van der Waals surface area contributed by atoms with Crippen molar-refractivity contribution in [1.29, 1.82) is 5.26 Å². The number of pyridine rings is 1. The van der Waals surface area contributed by atoms with E-state index in [2.05, 4.69) is 10.3 Å². The number of hydrogen-bond acceptors (Lipinski definition) is 4. The van der Waals surface area contributed by atoms with Crippen LogP contribution >= 0.6 is 0 Å². The first-order valence-corrected chi connectivity index (χ1v) is 6.20. The molecule has 2 aromatic rings. The van der Waals surface area contributed by atoms with Crippen LogP contribution in [0, 0.1) is 24.1 Å². The number of aryl methyl sites for hydroxylation is 1. The highest BCUT2D eigenvalue weighted by molar-refractivity contribution is 5.69. The minimum Gasteiger partial charge on any atom is -0.395 e. The first-order chi connectivity index (χ1) is 9.52. The minimum atomic E-state index is -0.247. The van der Waals surface area contributed by atoms with Gasteiger partial charge in [-0.1, -0.05) is 12.1 Å². The molecule has 2 rings (SSSR count). The topological polar surface area (TPSA) is 74.7 Å². The second-order valence-electron chi connectivity index (χ2n) is 4.61. The molecular formula is C15H15FN4. The average molecular weight is 270 g/mol. The molecule has 0 aliphatic heterocycles. The Morgan fingerprint density at radius 1 is 1.40 bits per heavy atom. The van der Waals surface area contributed by atoms with Gasteiger partial charge >= 0.3 is 0 Å². The lowest BCUT2D eigenvalue weighted by molar-refractivity contribution is 0.614. The van der Waals surface area contributed by atoms with Crippen molar-refractivity contribution in [2.24, 2.45) is 0 Å². The average Bonchev–Trinajstić information content (AvgIpc) is 2.44. The summed E-state index contributed by atoms with van der Waals surface area (Å²) in [6, 6.07) is 8.44. The van der Waals surface area contributed by atoms with Crippen molar-refractivity contribution in [1.82, 2.24) is 4.98 Å². The molecule has 1 atom stereocenters. The Balaban J connectivity index is 2.26. The van der Waals surface area contributed by atoms with Gasteiger partial charge in [-0.15, -0.1) is 0 Å². The van der Waals surface area contributed by atoms with Gasteiger partial charge < -0.3 is 11.1 Å². The van der Waals surface area contributed by atoms with E-state index >= 15 is 0 Å². The Bertz CT molecular complexity index is 676.